The number of benzene rings is 2. The molecule has 35 heavy (non-hydrogen) atoms. The van der Waals surface area contributed by atoms with E-state index < -0.39 is 24.0 Å². The molecule has 3 N–H and O–H groups in total. The lowest BCUT2D eigenvalue weighted by atomic mass is 9.75. The molecule has 3 atom stereocenters. The number of amides is 2. The Morgan fingerprint density at radius 3 is 2.14 bits per heavy atom. The maximum atomic E-state index is 13.0. The van der Waals surface area contributed by atoms with E-state index in [4.69, 9.17) is 4.74 Å². The van der Waals surface area contributed by atoms with Crippen molar-refractivity contribution in [1.82, 2.24) is 10.6 Å². The van der Waals surface area contributed by atoms with Crippen LogP contribution in [-0.2, 0) is 14.3 Å². The van der Waals surface area contributed by atoms with E-state index in [2.05, 4.69) is 34.9 Å². The average Bonchev–Trinajstić information content (AvgIpc) is 3.15. The van der Waals surface area contributed by atoms with Crippen LogP contribution < -0.4 is 10.6 Å². The fourth-order valence-electron chi connectivity index (χ4n) is 5.10. The maximum Gasteiger partial charge on any atom is 0.407 e. The molecule has 7 heteroatoms. The highest BCUT2D eigenvalue weighted by molar-refractivity contribution is 5.86. The van der Waals surface area contributed by atoms with Crippen LogP contribution in [-0.4, -0.2) is 42.3 Å². The highest BCUT2D eigenvalue weighted by Crippen LogP contribution is 2.44. The monoisotopic (exact) mass is 478 g/mol. The Balaban J connectivity index is 1.36. The van der Waals surface area contributed by atoms with Gasteiger partial charge in [0, 0.05) is 12.5 Å². The van der Waals surface area contributed by atoms with Crippen molar-refractivity contribution in [3.8, 4) is 11.1 Å². The van der Waals surface area contributed by atoms with E-state index in [0.717, 1.165) is 41.5 Å². The predicted octanol–water partition coefficient (Wildman–Crippen LogP) is 4.56. The maximum absolute atomic E-state index is 13.0. The molecule has 1 unspecified atom stereocenters. The molecule has 2 amide bonds. The third kappa shape index (κ3) is 5.34. The normalized spacial score (nSPS) is 17.3. The summed E-state index contributed by atoms with van der Waals surface area (Å²) < 4.78 is 5.60. The van der Waals surface area contributed by atoms with E-state index in [-0.39, 0.29) is 36.8 Å². The number of nitrogens with one attached hydrogen (secondary N) is 2. The fourth-order valence-corrected chi connectivity index (χ4v) is 5.10. The van der Waals surface area contributed by atoms with Crippen LogP contribution in [0.4, 0.5) is 4.79 Å². The minimum atomic E-state index is -1.04. The number of hydrogen-bond donors (Lipinski definition) is 3. The van der Waals surface area contributed by atoms with Crippen molar-refractivity contribution in [3.63, 3.8) is 0 Å². The van der Waals surface area contributed by atoms with Crippen molar-refractivity contribution in [1.29, 1.82) is 0 Å². The van der Waals surface area contributed by atoms with Gasteiger partial charge in [0.15, 0.2) is 0 Å². The summed E-state index contributed by atoms with van der Waals surface area (Å²) in [6, 6.07) is 15.3. The van der Waals surface area contributed by atoms with Gasteiger partial charge in [-0.1, -0.05) is 75.2 Å². The second-order valence-corrected chi connectivity index (χ2v) is 9.71. The van der Waals surface area contributed by atoms with Crippen molar-refractivity contribution < 1.29 is 24.2 Å². The molecule has 4 rings (SSSR count). The first-order chi connectivity index (χ1) is 16.9. The lowest BCUT2D eigenvalue weighted by molar-refractivity contribution is -0.144. The molecule has 0 bridgehead atoms. The molecule has 2 aliphatic rings. The SMILES string of the molecule is CC[C@H](C)[C@H](NC(=O)C(CNC(=O)OCC1c2ccccc2-c2ccccc21)C1CCC1)C(=O)O. The van der Waals surface area contributed by atoms with Crippen molar-refractivity contribution in [2.45, 2.75) is 51.5 Å². The highest BCUT2D eigenvalue weighted by atomic mass is 16.5. The van der Waals surface area contributed by atoms with Crippen molar-refractivity contribution in [3.05, 3.63) is 59.7 Å². The summed E-state index contributed by atoms with van der Waals surface area (Å²) in [5.74, 6) is -1.92. The number of alkyl carbamates (subject to hydrolysis) is 1. The number of carbonyl (C=O) groups excluding carboxylic acids is 2. The topological polar surface area (TPSA) is 105 Å². The van der Waals surface area contributed by atoms with E-state index >= 15 is 0 Å². The largest absolute Gasteiger partial charge is 0.480 e. The summed E-state index contributed by atoms with van der Waals surface area (Å²) in [5, 5.41) is 15.0. The second kappa shape index (κ2) is 10.9. The molecule has 0 aliphatic heterocycles. The Morgan fingerprint density at radius 1 is 1.03 bits per heavy atom. The van der Waals surface area contributed by atoms with Crippen molar-refractivity contribution in [2.75, 3.05) is 13.2 Å². The molecule has 2 aromatic carbocycles. The summed E-state index contributed by atoms with van der Waals surface area (Å²) in [4.78, 5) is 37.3. The summed E-state index contributed by atoms with van der Waals surface area (Å²) in [6.45, 7) is 4.04. The minimum Gasteiger partial charge on any atom is -0.480 e. The number of carbonyl (C=O) groups is 3. The lowest BCUT2D eigenvalue weighted by Crippen LogP contribution is -2.51. The summed E-state index contributed by atoms with van der Waals surface area (Å²) in [7, 11) is 0. The summed E-state index contributed by atoms with van der Waals surface area (Å²) in [5.41, 5.74) is 4.59. The number of aliphatic carboxylic acids is 1. The van der Waals surface area contributed by atoms with Gasteiger partial charge in [-0.3, -0.25) is 4.79 Å². The first-order valence-corrected chi connectivity index (χ1v) is 12.5. The van der Waals surface area contributed by atoms with E-state index in [1.54, 1.807) is 0 Å². The average molecular weight is 479 g/mol. The number of carboxylic acids is 1. The van der Waals surface area contributed by atoms with Crippen LogP contribution in [0.5, 0.6) is 0 Å². The highest BCUT2D eigenvalue weighted by Gasteiger charge is 2.36. The van der Waals surface area contributed by atoms with Crippen LogP contribution in [0.2, 0.25) is 0 Å². The molecule has 186 valence electrons. The number of ether oxygens (including phenoxy) is 1. The standard InChI is InChI=1S/C28H34N2O5/c1-3-17(2)25(27(32)33)30-26(31)23(18-9-8-10-18)15-29-28(34)35-16-24-21-13-6-4-11-19(21)20-12-5-7-14-22(20)24/h4-7,11-14,17-18,23-25H,3,8-10,15-16H2,1-2H3,(H,29,34)(H,30,31)(H,32,33)/t17-,23?,25-/m0/s1. The molecule has 0 heterocycles. The molecule has 0 radical (unpaired) electrons. The van der Waals surface area contributed by atoms with Gasteiger partial charge in [-0.2, -0.15) is 0 Å². The number of rotatable bonds is 10. The van der Waals surface area contributed by atoms with Crippen LogP contribution in [0.15, 0.2) is 48.5 Å². The van der Waals surface area contributed by atoms with E-state index in [0.29, 0.717) is 6.42 Å². The van der Waals surface area contributed by atoms with Crippen molar-refractivity contribution in [2.24, 2.45) is 17.8 Å². The van der Waals surface area contributed by atoms with Crippen LogP contribution >= 0.6 is 0 Å². The molecule has 0 aromatic heterocycles. The Kier molecular flexibility index (Phi) is 7.73. The molecular formula is C28H34N2O5. The fraction of sp³-hybridized carbons (Fsp3) is 0.464. The van der Waals surface area contributed by atoms with Gasteiger partial charge in [0.2, 0.25) is 5.91 Å². The van der Waals surface area contributed by atoms with Gasteiger partial charge in [0.05, 0.1) is 5.92 Å². The molecule has 0 spiro atoms. The molecule has 0 saturated heterocycles. The Labute approximate surface area is 206 Å². The summed E-state index contributed by atoms with van der Waals surface area (Å²) in [6.07, 6.45) is 2.90. The van der Waals surface area contributed by atoms with Crippen LogP contribution in [0.25, 0.3) is 11.1 Å². The molecule has 2 aromatic rings. The molecule has 7 nitrogen and oxygen atoms in total. The van der Waals surface area contributed by atoms with Gasteiger partial charge < -0.3 is 20.5 Å². The number of carboxylic acid groups (broad SMARTS) is 1. The number of hydrogen-bond acceptors (Lipinski definition) is 4. The van der Waals surface area contributed by atoms with Crippen LogP contribution in [0.3, 0.4) is 0 Å². The second-order valence-electron chi connectivity index (χ2n) is 9.71. The van der Waals surface area contributed by atoms with E-state index in [1.807, 2.05) is 38.1 Å². The van der Waals surface area contributed by atoms with Crippen LogP contribution in [0.1, 0.15) is 56.6 Å². The quantitative estimate of drug-likeness (QED) is 0.464. The molecule has 1 fully saturated rings. The van der Waals surface area contributed by atoms with Gasteiger partial charge in [-0.05, 0) is 46.9 Å². The first kappa shape index (κ1) is 24.8. The van der Waals surface area contributed by atoms with Gasteiger partial charge >= 0.3 is 12.1 Å². The molecular weight excluding hydrogens is 444 g/mol. The third-order valence-electron chi connectivity index (χ3n) is 7.64. The predicted molar refractivity (Wildman–Crippen MR) is 133 cm³/mol. The molecule has 2 aliphatic carbocycles. The van der Waals surface area contributed by atoms with E-state index in [1.165, 1.54) is 0 Å². The van der Waals surface area contributed by atoms with Gasteiger partial charge in [0.1, 0.15) is 12.6 Å². The van der Waals surface area contributed by atoms with Gasteiger partial charge in [-0.15, -0.1) is 0 Å². The van der Waals surface area contributed by atoms with Crippen molar-refractivity contribution >= 4 is 18.0 Å². The first-order valence-electron chi connectivity index (χ1n) is 12.5. The zero-order valence-electron chi connectivity index (χ0n) is 20.3. The van der Waals surface area contributed by atoms with Crippen LogP contribution in [0, 0.1) is 17.8 Å². The zero-order chi connectivity index (χ0) is 24.9. The zero-order valence-corrected chi connectivity index (χ0v) is 20.3. The third-order valence-corrected chi connectivity index (χ3v) is 7.64. The van der Waals surface area contributed by atoms with E-state index in [9.17, 15) is 19.5 Å². The van der Waals surface area contributed by atoms with Gasteiger partial charge in [-0.25, -0.2) is 9.59 Å². The smallest absolute Gasteiger partial charge is 0.407 e. The summed E-state index contributed by atoms with van der Waals surface area (Å²) >= 11 is 0. The Bertz CT molecular complexity index is 1040. The lowest BCUT2D eigenvalue weighted by Gasteiger charge is -2.34. The molecule has 1 saturated carbocycles. The van der Waals surface area contributed by atoms with Gasteiger partial charge in [0.25, 0.3) is 0 Å². The Hall–Kier alpha value is -3.35. The Morgan fingerprint density at radius 2 is 1.63 bits per heavy atom. The minimum absolute atomic E-state index is 0.0364. The number of fused-ring (bicyclic) bond motifs is 3.